The predicted octanol–water partition coefficient (Wildman–Crippen LogP) is -1.03. The maximum Gasteiger partial charge on any atom is 0.342 e. The highest BCUT2D eigenvalue weighted by Gasteiger charge is 2.22. The molecule has 2 aromatic rings. The van der Waals surface area contributed by atoms with Gasteiger partial charge in [-0.3, -0.25) is 5.73 Å². The first-order valence-electron chi connectivity index (χ1n) is 3.24. The van der Waals surface area contributed by atoms with Crippen molar-refractivity contribution in [2.75, 3.05) is 11.5 Å². The third-order valence-corrected chi connectivity index (χ3v) is 1.73. The monoisotopic (exact) mass is 186 g/mol. The lowest BCUT2D eigenvalue weighted by molar-refractivity contribution is -0.776. The lowest BCUT2D eigenvalue weighted by Gasteiger charge is -1.95. The highest BCUT2D eigenvalue weighted by molar-refractivity contribution is 5.92. The molecule has 6 N–H and O–H groups in total. The first-order chi connectivity index (χ1) is 6.04. The van der Waals surface area contributed by atoms with Crippen molar-refractivity contribution in [1.82, 2.24) is 4.73 Å². The van der Waals surface area contributed by atoms with Gasteiger partial charge in [-0.15, -0.1) is 0 Å². The van der Waals surface area contributed by atoms with Crippen LogP contribution in [0, 0.1) is 5.21 Å². The molecule has 0 unspecified atom stereocenters. The van der Waals surface area contributed by atoms with Gasteiger partial charge in [0, 0.05) is 0 Å². The molecule has 0 radical (unpaired) electrons. The van der Waals surface area contributed by atoms with Gasteiger partial charge in [0.15, 0.2) is 17.1 Å². The smallest absolute Gasteiger partial charge is 0.342 e. The van der Waals surface area contributed by atoms with E-state index in [0.717, 1.165) is 0 Å². The average Bonchev–Trinajstić information content (AvgIpc) is 2.48. The van der Waals surface area contributed by atoms with E-state index in [4.69, 9.17) is 11.5 Å². The summed E-state index contributed by atoms with van der Waals surface area (Å²) < 4.78 is 4.84. The van der Waals surface area contributed by atoms with Crippen LogP contribution in [0.3, 0.4) is 0 Å². The zero-order valence-corrected chi connectivity index (χ0v) is 6.26. The number of fused-ring (bicyclic) bond motifs is 1. The molecule has 0 saturated carbocycles. The third-order valence-electron chi connectivity index (χ3n) is 1.73. The summed E-state index contributed by atoms with van der Waals surface area (Å²) in [5.41, 5.74) is 10.1. The molecule has 2 heterocycles. The fraction of sp³-hybridized carbons (Fsp3) is 0. The Kier molecular flexibility index (Phi) is 1.09. The van der Waals surface area contributed by atoms with Crippen LogP contribution in [0.15, 0.2) is 4.52 Å². The van der Waals surface area contributed by atoms with Crippen molar-refractivity contribution in [3.8, 4) is 5.75 Å². The van der Waals surface area contributed by atoms with Crippen molar-refractivity contribution in [3.63, 3.8) is 0 Å². The number of aromatic hydroxyl groups is 1. The van der Waals surface area contributed by atoms with Crippen LogP contribution in [0.4, 0.5) is 11.6 Å². The Morgan fingerprint density at radius 2 is 2.08 bits per heavy atom. The van der Waals surface area contributed by atoms with Crippen molar-refractivity contribution >= 4 is 22.7 Å². The normalized spacial score (nSPS) is 11.1. The van der Waals surface area contributed by atoms with Gasteiger partial charge >= 0.3 is 5.82 Å². The summed E-state index contributed by atoms with van der Waals surface area (Å²) in [5.74, 6) is -1.22. The molecule has 8 nitrogen and oxygen atoms in total. The van der Waals surface area contributed by atoms with Gasteiger partial charge in [0.05, 0.1) is 0 Å². The molecule has 2 aromatic heterocycles. The molecular formula is C5H6N4O4. The van der Waals surface area contributed by atoms with E-state index in [-0.39, 0.29) is 27.6 Å². The van der Waals surface area contributed by atoms with Crippen LogP contribution in [0.1, 0.15) is 0 Å². The molecular weight excluding hydrogens is 180 g/mol. The van der Waals surface area contributed by atoms with E-state index in [1.165, 1.54) is 0 Å². The van der Waals surface area contributed by atoms with Gasteiger partial charge in [0.1, 0.15) is 5.58 Å². The number of nitrogens with two attached hydrogens (primary N) is 2. The van der Waals surface area contributed by atoms with Crippen molar-refractivity contribution < 1.29 is 19.7 Å². The minimum absolute atomic E-state index is 0.0312. The van der Waals surface area contributed by atoms with Crippen molar-refractivity contribution in [2.45, 2.75) is 0 Å². The zero-order valence-electron chi connectivity index (χ0n) is 6.26. The van der Waals surface area contributed by atoms with E-state index < -0.39 is 5.75 Å². The van der Waals surface area contributed by atoms with Gasteiger partial charge in [-0.1, -0.05) is 0 Å². The summed E-state index contributed by atoms with van der Waals surface area (Å²) in [4.78, 5) is -0.0312. The molecule has 2 rings (SSSR count). The molecule has 0 bridgehead atoms. The zero-order chi connectivity index (χ0) is 9.75. The maximum atomic E-state index is 10.8. The van der Waals surface area contributed by atoms with Crippen molar-refractivity contribution in [2.24, 2.45) is 0 Å². The topological polar surface area (TPSA) is 138 Å². The van der Waals surface area contributed by atoms with Gasteiger partial charge in [0.25, 0.3) is 0 Å². The van der Waals surface area contributed by atoms with Crippen LogP contribution >= 0.6 is 0 Å². The molecule has 0 atom stereocenters. The Labute approximate surface area is 70.7 Å². The summed E-state index contributed by atoms with van der Waals surface area (Å²) in [7, 11) is 0. The fourth-order valence-electron chi connectivity index (χ4n) is 1.08. The van der Waals surface area contributed by atoms with E-state index in [0.29, 0.717) is 4.73 Å². The lowest BCUT2D eigenvalue weighted by Crippen LogP contribution is -2.26. The minimum Gasteiger partial charge on any atom is -0.503 e. The number of hydrogen-bond acceptors (Lipinski definition) is 6. The maximum absolute atomic E-state index is 10.8. The molecule has 13 heavy (non-hydrogen) atoms. The van der Waals surface area contributed by atoms with E-state index in [1.807, 2.05) is 0 Å². The number of nitrogens with zero attached hydrogens (tertiary/aromatic N) is 2. The molecule has 0 aliphatic heterocycles. The van der Waals surface area contributed by atoms with Gasteiger partial charge in [-0.25, -0.2) is 0 Å². The summed E-state index contributed by atoms with van der Waals surface area (Å²) >= 11 is 0. The first-order valence-corrected chi connectivity index (χ1v) is 3.24. The van der Waals surface area contributed by atoms with Gasteiger partial charge in [-0.2, -0.15) is 4.73 Å². The largest absolute Gasteiger partial charge is 0.503 e. The number of aromatic nitrogens is 2. The van der Waals surface area contributed by atoms with Crippen LogP contribution in [0.25, 0.3) is 11.1 Å². The second kappa shape index (κ2) is 1.91. The van der Waals surface area contributed by atoms with Crippen molar-refractivity contribution in [3.05, 3.63) is 5.21 Å². The summed E-state index contributed by atoms with van der Waals surface area (Å²) in [6.07, 6.45) is 0. The fourth-order valence-corrected chi connectivity index (χ4v) is 1.08. The molecule has 0 amide bonds. The predicted molar refractivity (Wildman–Crippen MR) is 40.8 cm³/mol. The molecule has 0 aliphatic carbocycles. The van der Waals surface area contributed by atoms with Crippen LogP contribution in [0.2, 0.25) is 0 Å². The summed E-state index contributed by atoms with van der Waals surface area (Å²) in [6.45, 7) is 0. The minimum atomic E-state index is -0.515. The van der Waals surface area contributed by atoms with Crippen LogP contribution < -0.4 is 16.4 Å². The van der Waals surface area contributed by atoms with Crippen LogP contribution in [-0.4, -0.2) is 15.0 Å². The van der Waals surface area contributed by atoms with E-state index in [2.05, 4.69) is 4.52 Å². The average molecular weight is 186 g/mol. The number of hydrogen-bond donors (Lipinski definition) is 4. The Bertz CT molecular complexity index is 484. The molecule has 8 heteroatoms. The van der Waals surface area contributed by atoms with Crippen LogP contribution in [0.5, 0.6) is 5.75 Å². The Morgan fingerprint density at radius 1 is 1.46 bits per heavy atom. The van der Waals surface area contributed by atoms with Crippen molar-refractivity contribution in [1.29, 1.82) is 0 Å². The number of anilines is 2. The van der Waals surface area contributed by atoms with Gasteiger partial charge < -0.3 is 25.8 Å². The Hall–Kier alpha value is -2.25. The summed E-state index contributed by atoms with van der Waals surface area (Å²) in [5, 5.41) is 29.2. The molecule has 0 fully saturated rings. The number of rotatable bonds is 0. The molecule has 0 saturated heterocycles. The second-order valence-electron chi connectivity index (χ2n) is 2.46. The van der Waals surface area contributed by atoms with Gasteiger partial charge in [0.2, 0.25) is 0 Å². The molecule has 0 spiro atoms. The molecule has 0 aliphatic rings. The van der Waals surface area contributed by atoms with E-state index >= 15 is 0 Å². The van der Waals surface area contributed by atoms with Crippen LogP contribution in [-0.2, 0) is 0 Å². The summed E-state index contributed by atoms with van der Waals surface area (Å²) in [6, 6.07) is 0. The van der Waals surface area contributed by atoms with E-state index in [1.54, 1.807) is 0 Å². The highest BCUT2D eigenvalue weighted by atomic mass is 16.7. The molecule has 70 valence electrons. The Balaban J connectivity index is 3.01. The highest BCUT2D eigenvalue weighted by Crippen LogP contribution is 2.34. The first kappa shape index (κ1) is 7.40. The lowest BCUT2D eigenvalue weighted by atomic mass is 10.4. The quantitative estimate of drug-likeness (QED) is 0.306. The SMILES string of the molecule is Nc1c(O)c2o[n+]([O-])c(N)c2n1O. The Morgan fingerprint density at radius 3 is 2.62 bits per heavy atom. The van der Waals surface area contributed by atoms with Gasteiger partial charge in [-0.05, 0) is 4.90 Å². The standard InChI is InChI=1S/C5H6N4O4/c6-4-1-3(13-9(4)12)2(10)5(7)8(1)11/h10-11H,6-7H2. The third kappa shape index (κ3) is 0.662. The molecule has 0 aromatic carbocycles. The van der Waals surface area contributed by atoms with E-state index in [9.17, 15) is 15.5 Å². The second-order valence-corrected chi connectivity index (χ2v) is 2.46. The number of nitrogen functional groups attached to an aromatic ring is 2.